The van der Waals surface area contributed by atoms with Crippen molar-refractivity contribution >= 4 is 12.0 Å². The topological polar surface area (TPSA) is 32.7 Å². The summed E-state index contributed by atoms with van der Waals surface area (Å²) in [5.74, 6) is 1.02. The molecule has 0 aromatic carbocycles. The fourth-order valence-electron chi connectivity index (χ4n) is 1.23. The Morgan fingerprint density at radius 2 is 2.50 bits per heavy atom. The molecular formula is C7H8N2O. The molecule has 0 atom stereocenters. The fourth-order valence-corrected chi connectivity index (χ4v) is 1.23. The molecule has 0 aromatic rings. The van der Waals surface area contributed by atoms with Crippen molar-refractivity contribution in [2.24, 2.45) is 4.99 Å². The van der Waals surface area contributed by atoms with E-state index in [1.807, 2.05) is 11.1 Å². The minimum absolute atomic E-state index is 0.175. The van der Waals surface area contributed by atoms with Crippen LogP contribution in [0.5, 0.6) is 0 Å². The minimum atomic E-state index is 0.175. The summed E-state index contributed by atoms with van der Waals surface area (Å²) >= 11 is 0. The summed E-state index contributed by atoms with van der Waals surface area (Å²) in [6, 6.07) is 0. The molecule has 0 amide bonds. The van der Waals surface area contributed by atoms with Gasteiger partial charge >= 0.3 is 0 Å². The van der Waals surface area contributed by atoms with Gasteiger partial charge in [0, 0.05) is 25.3 Å². The lowest BCUT2D eigenvalue weighted by molar-refractivity contribution is -0.114. The lowest BCUT2D eigenvalue weighted by Gasteiger charge is -2.20. The minimum Gasteiger partial charge on any atom is -0.348 e. The summed E-state index contributed by atoms with van der Waals surface area (Å²) in [6.07, 6.45) is 4.43. The molecule has 0 spiro atoms. The molecule has 52 valence electrons. The summed E-state index contributed by atoms with van der Waals surface area (Å²) in [5, 5.41) is 0. The van der Waals surface area contributed by atoms with Gasteiger partial charge in [-0.25, -0.2) is 4.99 Å². The van der Waals surface area contributed by atoms with E-state index < -0.39 is 0 Å². The molecule has 0 aliphatic carbocycles. The van der Waals surface area contributed by atoms with Gasteiger partial charge < -0.3 is 4.90 Å². The van der Waals surface area contributed by atoms with Crippen molar-refractivity contribution in [3.8, 4) is 0 Å². The van der Waals surface area contributed by atoms with Gasteiger partial charge in [0.1, 0.15) is 5.82 Å². The van der Waals surface area contributed by atoms with Crippen LogP contribution in [0.2, 0.25) is 0 Å². The molecule has 3 heteroatoms. The van der Waals surface area contributed by atoms with Gasteiger partial charge in [0.25, 0.3) is 0 Å². The number of hydrogen-bond acceptors (Lipinski definition) is 3. The van der Waals surface area contributed by atoms with E-state index in [4.69, 9.17) is 0 Å². The van der Waals surface area contributed by atoms with Gasteiger partial charge in [0.05, 0.1) is 6.54 Å². The number of ketones is 1. The molecule has 0 unspecified atom stereocenters. The van der Waals surface area contributed by atoms with Gasteiger partial charge in [-0.05, 0) is 0 Å². The SMILES string of the molecule is O=C1C=C2N=CCCN2C1. The molecular weight excluding hydrogens is 128 g/mol. The number of hydrogen-bond donors (Lipinski definition) is 0. The molecule has 2 heterocycles. The number of rotatable bonds is 0. The Kier molecular flexibility index (Phi) is 1.09. The third-order valence-electron chi connectivity index (χ3n) is 1.71. The smallest absolute Gasteiger partial charge is 0.178 e. The average Bonchev–Trinajstić information content (AvgIpc) is 2.27. The van der Waals surface area contributed by atoms with Crippen molar-refractivity contribution in [1.29, 1.82) is 0 Å². The summed E-state index contributed by atoms with van der Waals surface area (Å²) in [4.78, 5) is 16.9. The third kappa shape index (κ3) is 0.744. The monoisotopic (exact) mass is 136 g/mol. The van der Waals surface area contributed by atoms with Crippen LogP contribution in [0.25, 0.3) is 0 Å². The van der Waals surface area contributed by atoms with Crippen molar-refractivity contribution in [1.82, 2.24) is 4.90 Å². The van der Waals surface area contributed by atoms with Crippen LogP contribution in [-0.2, 0) is 4.79 Å². The maximum absolute atomic E-state index is 10.8. The quantitative estimate of drug-likeness (QED) is 0.476. The standard InChI is InChI=1S/C7H8N2O/c10-6-4-7-8-2-1-3-9(7)5-6/h2,4H,1,3,5H2. The van der Waals surface area contributed by atoms with E-state index in [-0.39, 0.29) is 5.78 Å². The first kappa shape index (κ1) is 5.65. The van der Waals surface area contributed by atoms with E-state index in [9.17, 15) is 4.79 Å². The average molecular weight is 136 g/mol. The van der Waals surface area contributed by atoms with Crippen molar-refractivity contribution in [3.05, 3.63) is 11.9 Å². The molecule has 2 aliphatic rings. The fraction of sp³-hybridized carbons (Fsp3) is 0.429. The molecule has 0 saturated heterocycles. The van der Waals surface area contributed by atoms with Gasteiger partial charge in [-0.2, -0.15) is 0 Å². The van der Waals surface area contributed by atoms with Crippen LogP contribution in [0.3, 0.4) is 0 Å². The van der Waals surface area contributed by atoms with Crippen molar-refractivity contribution in [2.75, 3.05) is 13.1 Å². The normalized spacial score (nSPS) is 23.0. The van der Waals surface area contributed by atoms with E-state index in [2.05, 4.69) is 4.99 Å². The van der Waals surface area contributed by atoms with Gasteiger partial charge in [0.2, 0.25) is 0 Å². The van der Waals surface area contributed by atoms with E-state index in [0.29, 0.717) is 6.54 Å². The van der Waals surface area contributed by atoms with Crippen LogP contribution >= 0.6 is 0 Å². The zero-order valence-corrected chi connectivity index (χ0v) is 5.58. The number of aliphatic imine (C=N–C) groups is 1. The first-order valence-corrected chi connectivity index (χ1v) is 3.38. The summed E-state index contributed by atoms with van der Waals surface area (Å²) < 4.78 is 0. The molecule has 3 nitrogen and oxygen atoms in total. The molecule has 10 heavy (non-hydrogen) atoms. The van der Waals surface area contributed by atoms with Crippen LogP contribution in [0.1, 0.15) is 6.42 Å². The number of carbonyl (C=O) groups excluding carboxylic acids is 1. The van der Waals surface area contributed by atoms with Crippen molar-refractivity contribution < 1.29 is 4.79 Å². The first-order valence-electron chi connectivity index (χ1n) is 3.38. The highest BCUT2D eigenvalue weighted by molar-refractivity contribution is 5.94. The largest absolute Gasteiger partial charge is 0.348 e. The van der Waals surface area contributed by atoms with E-state index in [1.165, 1.54) is 0 Å². The van der Waals surface area contributed by atoms with Crippen LogP contribution < -0.4 is 0 Å². The zero-order chi connectivity index (χ0) is 6.97. The highest BCUT2D eigenvalue weighted by Gasteiger charge is 2.21. The Morgan fingerprint density at radius 3 is 3.30 bits per heavy atom. The van der Waals surface area contributed by atoms with Crippen LogP contribution in [0.15, 0.2) is 16.9 Å². The predicted octanol–water partition coefficient (Wildman–Crippen LogP) is 0.187. The van der Waals surface area contributed by atoms with Gasteiger partial charge in [0.15, 0.2) is 5.78 Å². The van der Waals surface area contributed by atoms with Gasteiger partial charge in [-0.15, -0.1) is 0 Å². The number of carbonyl (C=O) groups is 1. The highest BCUT2D eigenvalue weighted by Crippen LogP contribution is 2.16. The Bertz CT molecular complexity index is 230. The molecule has 0 N–H and O–H groups in total. The third-order valence-corrected chi connectivity index (χ3v) is 1.71. The second kappa shape index (κ2) is 1.94. The summed E-state index contributed by atoms with van der Waals surface area (Å²) in [6.45, 7) is 1.48. The molecule has 0 radical (unpaired) electrons. The van der Waals surface area contributed by atoms with E-state index in [1.54, 1.807) is 6.08 Å². The zero-order valence-electron chi connectivity index (χ0n) is 5.58. The van der Waals surface area contributed by atoms with E-state index in [0.717, 1.165) is 18.8 Å². The Balaban J connectivity index is 2.30. The predicted molar refractivity (Wildman–Crippen MR) is 37.8 cm³/mol. The second-order valence-electron chi connectivity index (χ2n) is 2.49. The molecule has 2 aliphatic heterocycles. The molecule has 2 rings (SSSR count). The maximum Gasteiger partial charge on any atom is 0.178 e. The second-order valence-corrected chi connectivity index (χ2v) is 2.49. The highest BCUT2D eigenvalue weighted by atomic mass is 16.1. The Morgan fingerprint density at radius 1 is 1.60 bits per heavy atom. The van der Waals surface area contributed by atoms with Crippen LogP contribution in [-0.4, -0.2) is 30.0 Å². The van der Waals surface area contributed by atoms with Gasteiger partial charge in [-0.1, -0.05) is 0 Å². The molecule has 0 saturated carbocycles. The lowest BCUT2D eigenvalue weighted by atomic mass is 10.4. The number of nitrogens with zero attached hydrogens (tertiary/aromatic N) is 2. The maximum atomic E-state index is 10.8. The lowest BCUT2D eigenvalue weighted by Crippen LogP contribution is -2.25. The van der Waals surface area contributed by atoms with Crippen molar-refractivity contribution in [3.63, 3.8) is 0 Å². The first-order chi connectivity index (χ1) is 4.86. The van der Waals surface area contributed by atoms with Gasteiger partial charge in [-0.3, -0.25) is 4.79 Å². The van der Waals surface area contributed by atoms with E-state index >= 15 is 0 Å². The van der Waals surface area contributed by atoms with Crippen molar-refractivity contribution in [2.45, 2.75) is 6.42 Å². The molecule has 0 bridgehead atoms. The van der Waals surface area contributed by atoms with Crippen LogP contribution in [0.4, 0.5) is 0 Å². The molecule has 0 aromatic heterocycles. The van der Waals surface area contributed by atoms with Crippen LogP contribution in [0, 0.1) is 0 Å². The molecule has 0 fully saturated rings. The number of fused-ring (bicyclic) bond motifs is 1. The Labute approximate surface area is 59.0 Å². The summed E-state index contributed by atoms with van der Waals surface area (Å²) in [7, 11) is 0. The summed E-state index contributed by atoms with van der Waals surface area (Å²) in [5.41, 5.74) is 0. The Hall–Kier alpha value is -1.12.